The first-order valence-electron chi connectivity index (χ1n) is 7.28. The summed E-state index contributed by atoms with van der Waals surface area (Å²) in [6, 6.07) is 13.6. The van der Waals surface area contributed by atoms with E-state index in [-0.39, 0.29) is 0 Å². The van der Waals surface area contributed by atoms with Crippen LogP contribution in [0.3, 0.4) is 0 Å². The van der Waals surface area contributed by atoms with Crippen molar-refractivity contribution in [3.8, 4) is 22.5 Å². The van der Waals surface area contributed by atoms with Crippen molar-refractivity contribution in [1.82, 2.24) is 4.73 Å². The second-order valence-corrected chi connectivity index (χ2v) is 6.34. The SMILES string of the molecule is Cc1c(-c2ccc(Cl)cc2)[n+](=O)c(-c2ccc(Cl)cc2)c(C)n1[O-]. The van der Waals surface area contributed by atoms with E-state index in [1.54, 1.807) is 62.4 Å². The number of hydrogen-bond acceptors (Lipinski definition) is 2. The van der Waals surface area contributed by atoms with Crippen molar-refractivity contribution < 1.29 is 4.43 Å². The smallest absolute Gasteiger partial charge is 0.289 e. The van der Waals surface area contributed by atoms with E-state index in [2.05, 4.69) is 0 Å². The summed E-state index contributed by atoms with van der Waals surface area (Å²) in [4.78, 5) is 13.0. The fourth-order valence-electron chi connectivity index (χ4n) is 2.72. The summed E-state index contributed by atoms with van der Waals surface area (Å²) < 4.78 is 1.58. The van der Waals surface area contributed by atoms with Crippen LogP contribution in [0.1, 0.15) is 11.4 Å². The van der Waals surface area contributed by atoms with Gasteiger partial charge in [0.1, 0.15) is 0 Å². The van der Waals surface area contributed by atoms with Crippen LogP contribution in [0.2, 0.25) is 10.0 Å². The molecule has 0 saturated heterocycles. The molecule has 6 heteroatoms. The average Bonchev–Trinajstić information content (AvgIpc) is 2.56. The highest BCUT2D eigenvalue weighted by atomic mass is 35.5. The molecular formula is C18H14Cl2N2O2. The molecule has 24 heavy (non-hydrogen) atoms. The van der Waals surface area contributed by atoms with E-state index in [0.29, 0.717) is 43.9 Å². The lowest BCUT2D eigenvalue weighted by atomic mass is 10.1. The Balaban J connectivity index is 2.34. The number of aromatic nitrogens is 2. The van der Waals surface area contributed by atoms with Crippen molar-refractivity contribution in [3.05, 3.63) is 80.1 Å². The van der Waals surface area contributed by atoms with E-state index in [1.165, 1.54) is 0 Å². The molecule has 0 spiro atoms. The minimum Gasteiger partial charge on any atom is -0.805 e. The molecule has 1 aromatic heterocycles. The predicted molar refractivity (Wildman–Crippen MR) is 96.9 cm³/mol. The highest BCUT2D eigenvalue weighted by Crippen LogP contribution is 2.27. The van der Waals surface area contributed by atoms with Crippen molar-refractivity contribution in [2.45, 2.75) is 13.8 Å². The Morgan fingerprint density at radius 2 is 1.12 bits per heavy atom. The lowest BCUT2D eigenvalue weighted by molar-refractivity contribution is -0.471. The van der Waals surface area contributed by atoms with Crippen LogP contribution in [-0.4, -0.2) is 4.73 Å². The van der Waals surface area contributed by atoms with Crippen LogP contribution in [0, 0.1) is 24.0 Å². The summed E-state index contributed by atoms with van der Waals surface area (Å²) in [5.74, 6) is 0. The van der Waals surface area contributed by atoms with E-state index < -0.39 is 0 Å². The molecule has 0 amide bonds. The number of nitrogens with zero attached hydrogens (tertiary/aromatic N) is 2. The molecule has 3 aromatic rings. The molecule has 0 fully saturated rings. The predicted octanol–water partition coefficient (Wildman–Crippen LogP) is 5.01. The van der Waals surface area contributed by atoms with Crippen molar-refractivity contribution >= 4 is 23.2 Å². The highest BCUT2D eigenvalue weighted by molar-refractivity contribution is 6.30. The van der Waals surface area contributed by atoms with Crippen LogP contribution in [0.5, 0.6) is 0 Å². The molecule has 0 bridgehead atoms. The van der Waals surface area contributed by atoms with Crippen LogP contribution in [0.15, 0.2) is 48.5 Å². The third kappa shape index (κ3) is 2.79. The summed E-state index contributed by atoms with van der Waals surface area (Å²) in [5, 5.41) is 13.7. The summed E-state index contributed by atoms with van der Waals surface area (Å²) in [6.45, 7) is 3.26. The molecule has 4 nitrogen and oxygen atoms in total. The summed E-state index contributed by atoms with van der Waals surface area (Å²) in [5.41, 5.74) is 2.54. The van der Waals surface area contributed by atoms with Crippen molar-refractivity contribution in [1.29, 1.82) is 0 Å². The average molecular weight is 361 g/mol. The molecule has 0 saturated carbocycles. The molecule has 0 aliphatic heterocycles. The highest BCUT2D eigenvalue weighted by Gasteiger charge is 2.26. The van der Waals surface area contributed by atoms with Gasteiger partial charge < -0.3 is 9.94 Å². The quantitative estimate of drug-likeness (QED) is 0.603. The van der Waals surface area contributed by atoms with Gasteiger partial charge in [0.25, 0.3) is 11.4 Å². The van der Waals surface area contributed by atoms with Gasteiger partial charge in [0, 0.05) is 15.0 Å². The Labute approximate surface area is 149 Å². The van der Waals surface area contributed by atoms with E-state index in [0.717, 1.165) is 9.16 Å². The Hall–Kier alpha value is -2.30. The zero-order valence-corrected chi connectivity index (χ0v) is 14.6. The van der Waals surface area contributed by atoms with Gasteiger partial charge in [0.15, 0.2) is 0 Å². The van der Waals surface area contributed by atoms with E-state index in [1.807, 2.05) is 0 Å². The van der Waals surface area contributed by atoms with Gasteiger partial charge in [-0.3, -0.25) is 0 Å². The van der Waals surface area contributed by atoms with Crippen molar-refractivity contribution in [2.75, 3.05) is 0 Å². The van der Waals surface area contributed by atoms with Crippen LogP contribution in [0.25, 0.3) is 22.5 Å². The topological polar surface area (TPSA) is 51.0 Å². The Morgan fingerprint density at radius 3 is 1.46 bits per heavy atom. The monoisotopic (exact) mass is 360 g/mol. The second-order valence-electron chi connectivity index (χ2n) is 5.47. The molecule has 3 rings (SSSR count). The minimum atomic E-state index is 0.303. The fraction of sp³-hybridized carbons (Fsp3) is 0.111. The molecule has 0 aliphatic rings. The standard InChI is InChI=1S/C18H14Cl2N2O2/c1-11-17(13-3-7-15(19)8-4-13)22(24)18(12(2)21(11)23)14-5-9-16(20)10-6-14/h3-10H,1-2H3. The number of rotatable bonds is 2. The molecule has 2 aromatic carbocycles. The van der Waals surface area contributed by atoms with Crippen LogP contribution < -0.4 is 4.43 Å². The molecule has 0 unspecified atom stereocenters. The number of benzene rings is 2. The Kier molecular flexibility index (Phi) is 4.35. The van der Waals surface area contributed by atoms with Crippen LogP contribution in [0.4, 0.5) is 0 Å². The molecule has 0 aliphatic carbocycles. The van der Waals surface area contributed by atoms with Gasteiger partial charge in [-0.15, -0.1) is 0 Å². The molecular weight excluding hydrogens is 347 g/mol. The zero-order chi connectivity index (χ0) is 17.4. The van der Waals surface area contributed by atoms with E-state index in [9.17, 15) is 10.1 Å². The first kappa shape index (κ1) is 16.6. The lowest BCUT2D eigenvalue weighted by Gasteiger charge is -2.19. The summed E-state index contributed by atoms with van der Waals surface area (Å²) in [6.07, 6.45) is 0. The van der Waals surface area contributed by atoms with Gasteiger partial charge in [0.05, 0.1) is 26.9 Å². The van der Waals surface area contributed by atoms with Crippen molar-refractivity contribution in [2.24, 2.45) is 0 Å². The van der Waals surface area contributed by atoms with Gasteiger partial charge in [-0.2, -0.15) is 0 Å². The largest absolute Gasteiger partial charge is 0.805 e. The maximum Gasteiger partial charge on any atom is 0.289 e. The van der Waals surface area contributed by atoms with E-state index >= 15 is 0 Å². The molecule has 122 valence electrons. The summed E-state index contributed by atoms with van der Waals surface area (Å²) >= 11 is 11.8. The lowest BCUT2D eigenvalue weighted by Crippen LogP contribution is -2.27. The number of hydrogen-bond donors (Lipinski definition) is 0. The third-order valence-electron chi connectivity index (χ3n) is 3.94. The first-order valence-corrected chi connectivity index (χ1v) is 8.04. The summed E-state index contributed by atoms with van der Waals surface area (Å²) in [7, 11) is 0. The van der Waals surface area contributed by atoms with E-state index in [4.69, 9.17) is 23.2 Å². The molecule has 0 atom stereocenters. The molecule has 0 N–H and O–H groups in total. The zero-order valence-electron chi connectivity index (χ0n) is 13.1. The Morgan fingerprint density at radius 1 is 0.792 bits per heavy atom. The van der Waals surface area contributed by atoms with Gasteiger partial charge in [-0.25, -0.2) is 0 Å². The molecule has 0 radical (unpaired) electrons. The van der Waals surface area contributed by atoms with Crippen molar-refractivity contribution in [3.63, 3.8) is 0 Å². The van der Waals surface area contributed by atoms with Gasteiger partial charge in [0.2, 0.25) is 0 Å². The maximum absolute atomic E-state index is 13.0. The van der Waals surface area contributed by atoms with Gasteiger partial charge in [-0.1, -0.05) is 23.2 Å². The maximum atomic E-state index is 13.0. The Bertz CT molecular complexity index is 887. The number of halogens is 2. The minimum absolute atomic E-state index is 0.303. The van der Waals surface area contributed by atoms with Gasteiger partial charge >= 0.3 is 0 Å². The van der Waals surface area contributed by atoms with Crippen LogP contribution >= 0.6 is 23.2 Å². The van der Waals surface area contributed by atoms with Gasteiger partial charge in [-0.05, 0) is 62.4 Å². The normalized spacial score (nSPS) is 10.8. The first-order chi connectivity index (χ1) is 11.4. The third-order valence-corrected chi connectivity index (χ3v) is 4.44. The second kappa shape index (κ2) is 6.30. The molecule has 1 heterocycles. The fourth-order valence-corrected chi connectivity index (χ4v) is 2.97. The van der Waals surface area contributed by atoms with Crippen LogP contribution in [-0.2, 0) is 0 Å².